The fraction of sp³-hybridized carbons (Fsp3) is 0.706. The number of amides is 1. The molecule has 0 radical (unpaired) electrons. The molecule has 3 unspecified atom stereocenters. The Morgan fingerprint density at radius 3 is 2.91 bits per heavy atom. The number of nitrogens with two attached hydrogens (primary N) is 1. The molecule has 6 nitrogen and oxygen atoms in total. The van der Waals surface area contributed by atoms with Crippen LogP contribution in [0.5, 0.6) is 0 Å². The maximum Gasteiger partial charge on any atom is 0.231 e. The van der Waals surface area contributed by atoms with Gasteiger partial charge >= 0.3 is 0 Å². The summed E-state index contributed by atoms with van der Waals surface area (Å²) in [5, 5.41) is 0. The molecule has 1 aliphatic carbocycles. The van der Waals surface area contributed by atoms with Gasteiger partial charge in [0.25, 0.3) is 0 Å². The SMILES string of the molecule is CC1CC1c1ccc(CN(CC(N)=O)CC2CN(C)CCO2)o1. The van der Waals surface area contributed by atoms with E-state index >= 15 is 0 Å². The molecule has 0 aromatic carbocycles. The summed E-state index contributed by atoms with van der Waals surface area (Å²) in [5.74, 6) is 2.94. The van der Waals surface area contributed by atoms with Gasteiger partial charge in [-0.3, -0.25) is 9.69 Å². The zero-order valence-corrected chi connectivity index (χ0v) is 14.0. The Kier molecular flexibility index (Phi) is 5.04. The van der Waals surface area contributed by atoms with Gasteiger partial charge < -0.3 is 19.8 Å². The standard InChI is InChI=1S/C17H27N3O3/c1-12-7-15(12)16-4-3-13(23-16)9-20(11-17(18)21)10-14-8-19(2)5-6-22-14/h3-4,12,14-15H,5-11H2,1-2H3,(H2,18,21). The first-order valence-electron chi connectivity index (χ1n) is 8.40. The summed E-state index contributed by atoms with van der Waals surface area (Å²) in [6.45, 7) is 6.29. The summed E-state index contributed by atoms with van der Waals surface area (Å²) < 4.78 is 11.8. The highest BCUT2D eigenvalue weighted by molar-refractivity contribution is 5.75. The molecule has 128 valence electrons. The quantitative estimate of drug-likeness (QED) is 0.812. The van der Waals surface area contributed by atoms with Crippen molar-refractivity contribution in [3.8, 4) is 0 Å². The molecule has 2 aliphatic rings. The van der Waals surface area contributed by atoms with Crippen molar-refractivity contribution < 1.29 is 13.9 Å². The molecular formula is C17H27N3O3. The maximum absolute atomic E-state index is 11.4. The third-order valence-corrected chi connectivity index (χ3v) is 4.72. The maximum atomic E-state index is 11.4. The fourth-order valence-corrected chi connectivity index (χ4v) is 3.29. The number of morpholine rings is 1. The zero-order valence-electron chi connectivity index (χ0n) is 14.0. The predicted molar refractivity (Wildman–Crippen MR) is 86.9 cm³/mol. The van der Waals surface area contributed by atoms with Gasteiger partial charge in [-0.1, -0.05) is 6.92 Å². The van der Waals surface area contributed by atoms with E-state index in [1.165, 1.54) is 6.42 Å². The Labute approximate surface area is 137 Å². The van der Waals surface area contributed by atoms with Crippen LogP contribution >= 0.6 is 0 Å². The monoisotopic (exact) mass is 321 g/mol. The van der Waals surface area contributed by atoms with E-state index in [9.17, 15) is 4.79 Å². The van der Waals surface area contributed by atoms with Crippen LogP contribution in [0, 0.1) is 5.92 Å². The molecule has 1 saturated carbocycles. The van der Waals surface area contributed by atoms with Crippen molar-refractivity contribution in [3.05, 3.63) is 23.7 Å². The summed E-state index contributed by atoms with van der Waals surface area (Å²) in [5.41, 5.74) is 5.40. The summed E-state index contributed by atoms with van der Waals surface area (Å²) >= 11 is 0. The van der Waals surface area contributed by atoms with Crippen LogP contribution in [-0.2, 0) is 16.1 Å². The highest BCUT2D eigenvalue weighted by Crippen LogP contribution is 2.47. The molecule has 2 fully saturated rings. The molecule has 6 heteroatoms. The minimum Gasteiger partial charge on any atom is -0.464 e. The van der Waals surface area contributed by atoms with Crippen molar-refractivity contribution in [1.82, 2.24) is 9.80 Å². The number of nitrogens with zero attached hydrogens (tertiary/aromatic N) is 2. The lowest BCUT2D eigenvalue weighted by Gasteiger charge is -2.33. The molecular weight excluding hydrogens is 294 g/mol. The average molecular weight is 321 g/mol. The molecule has 1 aromatic rings. The highest BCUT2D eigenvalue weighted by Gasteiger charge is 2.36. The van der Waals surface area contributed by atoms with E-state index in [-0.39, 0.29) is 18.6 Å². The first kappa shape index (κ1) is 16.5. The van der Waals surface area contributed by atoms with Crippen LogP contribution in [0.2, 0.25) is 0 Å². The smallest absolute Gasteiger partial charge is 0.231 e. The Morgan fingerprint density at radius 1 is 1.48 bits per heavy atom. The van der Waals surface area contributed by atoms with Crippen LogP contribution in [0.3, 0.4) is 0 Å². The van der Waals surface area contributed by atoms with Gasteiger partial charge in [0.2, 0.25) is 5.91 Å². The lowest BCUT2D eigenvalue weighted by Crippen LogP contribution is -2.47. The molecule has 1 amide bonds. The molecule has 1 saturated heterocycles. The second-order valence-electron chi connectivity index (χ2n) is 7.01. The fourth-order valence-electron chi connectivity index (χ4n) is 3.29. The molecule has 0 bridgehead atoms. The van der Waals surface area contributed by atoms with Crippen LogP contribution < -0.4 is 5.73 Å². The summed E-state index contributed by atoms with van der Waals surface area (Å²) in [6.07, 6.45) is 1.31. The number of carbonyl (C=O) groups is 1. The normalized spacial score (nSPS) is 28.2. The van der Waals surface area contributed by atoms with Crippen LogP contribution in [0.4, 0.5) is 0 Å². The van der Waals surface area contributed by atoms with Crippen molar-refractivity contribution in [1.29, 1.82) is 0 Å². The molecule has 1 aliphatic heterocycles. The number of furan rings is 1. The van der Waals surface area contributed by atoms with Crippen LogP contribution in [-0.4, -0.2) is 61.6 Å². The van der Waals surface area contributed by atoms with Crippen molar-refractivity contribution in [2.45, 2.75) is 31.9 Å². The molecule has 2 N–H and O–H groups in total. The Morgan fingerprint density at radius 2 is 2.26 bits per heavy atom. The lowest BCUT2D eigenvalue weighted by molar-refractivity contribution is -0.120. The topological polar surface area (TPSA) is 71.9 Å². The summed E-state index contributed by atoms with van der Waals surface area (Å²) in [7, 11) is 2.09. The van der Waals surface area contributed by atoms with E-state index in [1.807, 2.05) is 11.0 Å². The van der Waals surface area contributed by atoms with Crippen molar-refractivity contribution in [2.24, 2.45) is 11.7 Å². The number of ether oxygens (including phenoxy) is 1. The minimum atomic E-state index is -0.322. The third kappa shape index (κ3) is 4.56. The van der Waals surface area contributed by atoms with E-state index in [0.717, 1.165) is 37.1 Å². The van der Waals surface area contributed by atoms with Gasteiger partial charge in [-0.05, 0) is 31.5 Å². The molecule has 1 aromatic heterocycles. The molecule has 3 atom stereocenters. The largest absolute Gasteiger partial charge is 0.464 e. The van der Waals surface area contributed by atoms with Crippen LogP contribution in [0.15, 0.2) is 16.5 Å². The van der Waals surface area contributed by atoms with Gasteiger partial charge in [0.15, 0.2) is 0 Å². The van der Waals surface area contributed by atoms with Gasteiger partial charge in [-0.15, -0.1) is 0 Å². The summed E-state index contributed by atoms with van der Waals surface area (Å²) in [4.78, 5) is 15.6. The van der Waals surface area contributed by atoms with E-state index in [2.05, 4.69) is 24.9 Å². The predicted octanol–water partition coefficient (Wildman–Crippen LogP) is 1.02. The highest BCUT2D eigenvalue weighted by atomic mass is 16.5. The molecule has 0 spiro atoms. The lowest BCUT2D eigenvalue weighted by atomic mass is 10.2. The first-order chi connectivity index (χ1) is 11.0. The second kappa shape index (κ2) is 7.03. The Balaban J connectivity index is 1.59. The number of likely N-dealkylation sites (N-methyl/N-ethyl adjacent to an activating group) is 1. The number of hydrogen-bond acceptors (Lipinski definition) is 5. The van der Waals surface area contributed by atoms with Crippen molar-refractivity contribution >= 4 is 5.91 Å². The van der Waals surface area contributed by atoms with E-state index in [1.54, 1.807) is 0 Å². The number of rotatable bonds is 7. The average Bonchev–Trinajstić information content (AvgIpc) is 3.02. The first-order valence-corrected chi connectivity index (χ1v) is 8.40. The zero-order chi connectivity index (χ0) is 16.4. The minimum absolute atomic E-state index is 0.103. The number of primary amides is 1. The second-order valence-corrected chi connectivity index (χ2v) is 7.01. The van der Waals surface area contributed by atoms with Crippen LogP contribution in [0.25, 0.3) is 0 Å². The van der Waals surface area contributed by atoms with Crippen molar-refractivity contribution in [3.63, 3.8) is 0 Å². The van der Waals surface area contributed by atoms with Gasteiger partial charge in [0, 0.05) is 25.6 Å². The molecule has 3 rings (SSSR count). The van der Waals surface area contributed by atoms with Gasteiger partial charge in [0.05, 0.1) is 25.8 Å². The van der Waals surface area contributed by atoms with E-state index in [4.69, 9.17) is 14.9 Å². The summed E-state index contributed by atoms with van der Waals surface area (Å²) in [6, 6.07) is 4.08. The number of carbonyl (C=O) groups excluding carboxylic acids is 1. The van der Waals surface area contributed by atoms with E-state index < -0.39 is 0 Å². The molecule has 23 heavy (non-hydrogen) atoms. The molecule has 2 heterocycles. The van der Waals surface area contributed by atoms with E-state index in [0.29, 0.717) is 19.0 Å². The third-order valence-electron chi connectivity index (χ3n) is 4.72. The van der Waals surface area contributed by atoms with Gasteiger partial charge in [-0.25, -0.2) is 0 Å². The van der Waals surface area contributed by atoms with Crippen molar-refractivity contribution in [2.75, 3.05) is 39.8 Å². The number of hydrogen-bond donors (Lipinski definition) is 1. The Hall–Kier alpha value is -1.37. The van der Waals surface area contributed by atoms with Gasteiger partial charge in [-0.2, -0.15) is 0 Å². The van der Waals surface area contributed by atoms with Crippen LogP contribution in [0.1, 0.15) is 30.8 Å². The Bertz CT molecular complexity index is 545. The van der Waals surface area contributed by atoms with Gasteiger partial charge in [0.1, 0.15) is 11.5 Å².